The van der Waals surface area contributed by atoms with Crippen LogP contribution in [0, 0.1) is 10.1 Å². The molecule has 0 saturated carbocycles. The summed E-state index contributed by atoms with van der Waals surface area (Å²) in [5.74, 6) is -3.19. The van der Waals surface area contributed by atoms with Crippen LogP contribution in [-0.2, 0) is 4.74 Å². The zero-order valence-corrected chi connectivity index (χ0v) is 10.7. The van der Waals surface area contributed by atoms with Gasteiger partial charge in [0.1, 0.15) is 17.3 Å². The first-order valence-corrected chi connectivity index (χ1v) is 5.46. The topological polar surface area (TPSA) is 91.6 Å². The lowest BCUT2D eigenvalue weighted by Gasteiger charge is -2.14. The minimum Gasteiger partial charge on any atom is -0.462 e. The van der Waals surface area contributed by atoms with E-state index < -0.39 is 46.4 Å². The predicted molar refractivity (Wildman–Crippen MR) is 58.5 cm³/mol. The van der Waals surface area contributed by atoms with Crippen molar-refractivity contribution in [1.82, 2.24) is 4.98 Å². The van der Waals surface area contributed by atoms with E-state index in [4.69, 9.17) is 0 Å². The van der Waals surface area contributed by atoms with Crippen LogP contribution in [0.25, 0.3) is 0 Å². The molecule has 0 N–H and O–H groups in total. The fourth-order valence-electron chi connectivity index (χ4n) is 1.45. The molecule has 0 atom stereocenters. The number of hydrogen-bond donors (Lipinski definition) is 0. The highest BCUT2D eigenvalue weighted by atomic mass is 19.4. The van der Waals surface area contributed by atoms with Crippen LogP contribution in [-0.4, -0.2) is 28.8 Å². The van der Waals surface area contributed by atoms with Gasteiger partial charge in [-0.1, -0.05) is 0 Å². The molecule has 0 saturated heterocycles. The zero-order chi connectivity index (χ0) is 17.1. The van der Waals surface area contributed by atoms with Crippen LogP contribution in [0.5, 0.6) is 5.88 Å². The second kappa shape index (κ2) is 6.49. The monoisotopic (exact) mass is 330 g/mol. The standard InChI is InChI=1S/C10H7F5N2O5/c1-2-21-9(18)6-5(7(11)12)4(17(19)20)3-16-8(6)22-10(13,14)15/h3,7H,2H2,1H3. The number of aromatic nitrogens is 1. The van der Waals surface area contributed by atoms with Crippen molar-refractivity contribution in [3.05, 3.63) is 27.4 Å². The van der Waals surface area contributed by atoms with Crippen LogP contribution in [0.2, 0.25) is 0 Å². The summed E-state index contributed by atoms with van der Waals surface area (Å²) in [6, 6.07) is 0. The summed E-state index contributed by atoms with van der Waals surface area (Å²) in [7, 11) is 0. The van der Waals surface area contributed by atoms with Gasteiger partial charge in [0.05, 0.1) is 11.5 Å². The Hall–Kier alpha value is -2.53. The Morgan fingerprint density at radius 3 is 2.45 bits per heavy atom. The molecule has 12 heteroatoms. The molecule has 7 nitrogen and oxygen atoms in total. The van der Waals surface area contributed by atoms with Crippen LogP contribution in [0.1, 0.15) is 29.3 Å². The van der Waals surface area contributed by atoms with Crippen LogP contribution in [0.4, 0.5) is 27.6 Å². The maximum atomic E-state index is 13.0. The van der Waals surface area contributed by atoms with Gasteiger partial charge >= 0.3 is 12.3 Å². The van der Waals surface area contributed by atoms with E-state index in [1.54, 1.807) is 0 Å². The normalized spacial score (nSPS) is 11.4. The molecule has 122 valence electrons. The first-order chi connectivity index (χ1) is 10.1. The zero-order valence-electron chi connectivity index (χ0n) is 10.7. The van der Waals surface area contributed by atoms with E-state index in [-0.39, 0.29) is 12.8 Å². The minimum absolute atomic E-state index is 0.144. The van der Waals surface area contributed by atoms with Crippen molar-refractivity contribution in [1.29, 1.82) is 0 Å². The number of ether oxygens (including phenoxy) is 2. The molecule has 1 aromatic heterocycles. The van der Waals surface area contributed by atoms with Crippen molar-refractivity contribution in [2.24, 2.45) is 0 Å². The largest absolute Gasteiger partial charge is 0.574 e. The molecule has 0 radical (unpaired) electrons. The molecule has 1 aromatic rings. The van der Waals surface area contributed by atoms with Crippen LogP contribution < -0.4 is 4.74 Å². The molecule has 0 unspecified atom stereocenters. The Bertz CT molecular complexity index is 590. The van der Waals surface area contributed by atoms with Crippen molar-refractivity contribution in [3.63, 3.8) is 0 Å². The number of pyridine rings is 1. The molecule has 0 aliphatic heterocycles. The highest BCUT2D eigenvalue weighted by Gasteiger charge is 2.39. The number of rotatable bonds is 5. The molecule has 0 aliphatic carbocycles. The summed E-state index contributed by atoms with van der Waals surface area (Å²) in [5.41, 5.74) is -4.33. The van der Waals surface area contributed by atoms with Gasteiger partial charge in [-0.15, -0.1) is 13.2 Å². The quantitative estimate of drug-likeness (QED) is 0.357. The molecule has 22 heavy (non-hydrogen) atoms. The molecule has 0 spiro atoms. The Morgan fingerprint density at radius 1 is 1.45 bits per heavy atom. The second-order valence-corrected chi connectivity index (χ2v) is 3.56. The molecule has 1 rings (SSSR count). The molecule has 0 amide bonds. The third kappa shape index (κ3) is 3.99. The van der Waals surface area contributed by atoms with Crippen molar-refractivity contribution < 1.29 is 41.1 Å². The third-order valence-corrected chi connectivity index (χ3v) is 2.17. The van der Waals surface area contributed by atoms with E-state index in [1.165, 1.54) is 6.92 Å². The summed E-state index contributed by atoms with van der Waals surface area (Å²) in [6.07, 6.45) is -8.83. The molecule has 1 heterocycles. The van der Waals surface area contributed by atoms with Crippen LogP contribution in [0.15, 0.2) is 6.20 Å². The smallest absolute Gasteiger partial charge is 0.462 e. The molecular weight excluding hydrogens is 323 g/mol. The summed E-state index contributed by atoms with van der Waals surface area (Å²) in [4.78, 5) is 23.9. The lowest BCUT2D eigenvalue weighted by atomic mass is 10.1. The Morgan fingerprint density at radius 2 is 2.05 bits per heavy atom. The number of halogens is 5. The fourth-order valence-corrected chi connectivity index (χ4v) is 1.45. The van der Waals surface area contributed by atoms with Gasteiger partial charge in [-0.05, 0) is 6.92 Å². The Labute approximate surface area is 118 Å². The van der Waals surface area contributed by atoms with Crippen molar-refractivity contribution in [2.75, 3.05) is 6.61 Å². The first kappa shape index (κ1) is 17.5. The number of carbonyl (C=O) groups is 1. The lowest BCUT2D eigenvalue weighted by Crippen LogP contribution is -2.22. The first-order valence-electron chi connectivity index (χ1n) is 5.46. The minimum atomic E-state index is -5.34. The summed E-state index contributed by atoms with van der Waals surface area (Å²) in [5, 5.41) is 10.7. The van der Waals surface area contributed by atoms with E-state index in [2.05, 4.69) is 14.5 Å². The maximum absolute atomic E-state index is 13.0. The van der Waals surface area contributed by atoms with Crippen LogP contribution >= 0.6 is 0 Å². The lowest BCUT2D eigenvalue weighted by molar-refractivity contribution is -0.386. The summed E-state index contributed by atoms with van der Waals surface area (Å²) in [6.45, 7) is 0.894. The van der Waals surface area contributed by atoms with Gasteiger partial charge in [0.2, 0.25) is 5.88 Å². The van der Waals surface area contributed by atoms with Gasteiger partial charge in [-0.2, -0.15) is 0 Å². The predicted octanol–water partition coefficient (Wildman–Crippen LogP) is 3.00. The van der Waals surface area contributed by atoms with E-state index in [9.17, 15) is 36.9 Å². The number of nitro groups is 1. The Kier molecular flexibility index (Phi) is 5.17. The second-order valence-electron chi connectivity index (χ2n) is 3.56. The third-order valence-electron chi connectivity index (χ3n) is 2.17. The number of nitrogens with zero attached hydrogens (tertiary/aromatic N) is 2. The highest BCUT2D eigenvalue weighted by Crippen LogP contribution is 2.37. The SMILES string of the molecule is CCOC(=O)c1c(OC(F)(F)F)ncc([N+](=O)[O-])c1C(F)F. The number of carbonyl (C=O) groups excluding carboxylic acids is 1. The molecular formula is C10H7F5N2O5. The maximum Gasteiger partial charge on any atom is 0.574 e. The molecule has 0 aliphatic rings. The van der Waals surface area contributed by atoms with Gasteiger partial charge in [-0.3, -0.25) is 10.1 Å². The van der Waals surface area contributed by atoms with Gasteiger partial charge in [-0.25, -0.2) is 18.6 Å². The van der Waals surface area contributed by atoms with E-state index >= 15 is 0 Å². The van der Waals surface area contributed by atoms with Crippen molar-refractivity contribution >= 4 is 11.7 Å². The molecule has 0 fully saturated rings. The Balaban J connectivity index is 3.62. The number of esters is 1. The van der Waals surface area contributed by atoms with Crippen LogP contribution in [0.3, 0.4) is 0 Å². The van der Waals surface area contributed by atoms with Gasteiger partial charge in [0, 0.05) is 0 Å². The fraction of sp³-hybridized carbons (Fsp3) is 0.400. The van der Waals surface area contributed by atoms with E-state index in [1.807, 2.05) is 0 Å². The van der Waals surface area contributed by atoms with Gasteiger partial charge < -0.3 is 9.47 Å². The number of hydrogen-bond acceptors (Lipinski definition) is 6. The van der Waals surface area contributed by atoms with Gasteiger partial charge in [0.25, 0.3) is 12.1 Å². The van der Waals surface area contributed by atoms with Crippen molar-refractivity contribution in [3.8, 4) is 5.88 Å². The molecule has 0 bridgehead atoms. The molecule has 0 aromatic carbocycles. The summed E-state index contributed by atoms with van der Waals surface area (Å²) < 4.78 is 70.3. The average molecular weight is 330 g/mol. The van der Waals surface area contributed by atoms with Crippen molar-refractivity contribution in [2.45, 2.75) is 19.7 Å². The van der Waals surface area contributed by atoms with E-state index in [0.29, 0.717) is 0 Å². The highest BCUT2D eigenvalue weighted by molar-refractivity contribution is 5.94. The van der Waals surface area contributed by atoms with E-state index in [0.717, 1.165) is 0 Å². The summed E-state index contributed by atoms with van der Waals surface area (Å²) >= 11 is 0. The van der Waals surface area contributed by atoms with Gasteiger partial charge in [0.15, 0.2) is 0 Å². The average Bonchev–Trinajstić information content (AvgIpc) is 2.35. The number of alkyl halides is 5.